The van der Waals surface area contributed by atoms with E-state index in [1.165, 1.54) is 0 Å². The molecule has 0 aromatic heterocycles. The first-order valence-corrected chi connectivity index (χ1v) is 8.19. The summed E-state index contributed by atoms with van der Waals surface area (Å²) in [5, 5.41) is 0. The number of ether oxygens (including phenoxy) is 1. The van der Waals surface area contributed by atoms with E-state index in [-0.39, 0.29) is 24.1 Å². The number of piperazine rings is 1. The van der Waals surface area contributed by atoms with Crippen LogP contribution in [0.4, 0.5) is 4.79 Å². The van der Waals surface area contributed by atoms with Gasteiger partial charge in [-0.15, -0.1) is 0 Å². The molecule has 2 unspecified atom stereocenters. The SMILES string of the molecule is CC(C)(C)OC(=O)N1C2CCC1C(=O)N(Cc1ccccc1)C2. The van der Waals surface area contributed by atoms with Crippen molar-refractivity contribution in [2.24, 2.45) is 0 Å². The Bertz CT molecular complexity index is 594. The molecule has 5 heteroatoms. The van der Waals surface area contributed by atoms with Gasteiger partial charge in [0.1, 0.15) is 11.6 Å². The molecule has 0 N–H and O–H groups in total. The highest BCUT2D eigenvalue weighted by Gasteiger charge is 2.48. The van der Waals surface area contributed by atoms with Crippen molar-refractivity contribution in [1.82, 2.24) is 9.80 Å². The van der Waals surface area contributed by atoms with Crippen LogP contribution in [0, 0.1) is 0 Å². The van der Waals surface area contributed by atoms with Gasteiger partial charge >= 0.3 is 6.09 Å². The Morgan fingerprint density at radius 2 is 1.91 bits per heavy atom. The lowest BCUT2D eigenvalue weighted by molar-refractivity contribution is -0.141. The quantitative estimate of drug-likeness (QED) is 0.843. The molecule has 23 heavy (non-hydrogen) atoms. The van der Waals surface area contributed by atoms with Gasteiger partial charge in [0.05, 0.1) is 6.04 Å². The highest BCUT2D eigenvalue weighted by molar-refractivity contribution is 5.88. The summed E-state index contributed by atoms with van der Waals surface area (Å²) in [5.41, 5.74) is 0.576. The highest BCUT2D eigenvalue weighted by Crippen LogP contribution is 2.33. The number of likely N-dealkylation sites (tertiary alicyclic amines) is 1. The van der Waals surface area contributed by atoms with Crippen LogP contribution in [0.2, 0.25) is 0 Å². The summed E-state index contributed by atoms with van der Waals surface area (Å²) in [4.78, 5) is 28.7. The van der Waals surface area contributed by atoms with Crippen molar-refractivity contribution < 1.29 is 14.3 Å². The van der Waals surface area contributed by atoms with Crippen LogP contribution in [0.3, 0.4) is 0 Å². The van der Waals surface area contributed by atoms with E-state index in [9.17, 15) is 9.59 Å². The van der Waals surface area contributed by atoms with Gasteiger partial charge in [-0.25, -0.2) is 4.79 Å². The van der Waals surface area contributed by atoms with Gasteiger partial charge in [-0.2, -0.15) is 0 Å². The topological polar surface area (TPSA) is 49.9 Å². The van der Waals surface area contributed by atoms with E-state index in [4.69, 9.17) is 4.74 Å². The van der Waals surface area contributed by atoms with E-state index >= 15 is 0 Å². The smallest absolute Gasteiger partial charge is 0.411 e. The van der Waals surface area contributed by atoms with Crippen LogP contribution < -0.4 is 0 Å². The lowest BCUT2D eigenvalue weighted by atomic mass is 10.1. The Morgan fingerprint density at radius 1 is 1.22 bits per heavy atom. The molecule has 0 saturated carbocycles. The van der Waals surface area contributed by atoms with E-state index in [0.717, 1.165) is 18.4 Å². The molecule has 2 heterocycles. The molecule has 3 rings (SSSR count). The summed E-state index contributed by atoms with van der Waals surface area (Å²) in [5.74, 6) is 0.0356. The van der Waals surface area contributed by atoms with Crippen LogP contribution in [0.1, 0.15) is 39.2 Å². The van der Waals surface area contributed by atoms with Crippen molar-refractivity contribution in [2.75, 3.05) is 6.54 Å². The zero-order chi connectivity index (χ0) is 16.6. The Balaban J connectivity index is 1.72. The first-order chi connectivity index (χ1) is 10.8. The van der Waals surface area contributed by atoms with E-state index in [0.29, 0.717) is 13.1 Å². The molecule has 2 saturated heterocycles. The Labute approximate surface area is 137 Å². The maximum Gasteiger partial charge on any atom is 0.411 e. The van der Waals surface area contributed by atoms with E-state index in [1.54, 1.807) is 4.90 Å². The molecule has 2 bridgehead atoms. The molecule has 2 amide bonds. The van der Waals surface area contributed by atoms with Crippen LogP contribution in [0.25, 0.3) is 0 Å². The number of nitrogens with zero attached hydrogens (tertiary/aromatic N) is 2. The Morgan fingerprint density at radius 3 is 2.57 bits per heavy atom. The van der Waals surface area contributed by atoms with Gasteiger partial charge in [-0.05, 0) is 39.2 Å². The normalized spacial score (nSPS) is 24.0. The highest BCUT2D eigenvalue weighted by atomic mass is 16.6. The molecular weight excluding hydrogens is 292 g/mol. The molecule has 0 aliphatic carbocycles. The third-order valence-corrected chi connectivity index (χ3v) is 4.35. The Kier molecular flexibility index (Phi) is 4.04. The zero-order valence-electron chi connectivity index (χ0n) is 14.0. The van der Waals surface area contributed by atoms with Crippen molar-refractivity contribution >= 4 is 12.0 Å². The number of carbonyl (C=O) groups excluding carboxylic acids is 2. The summed E-state index contributed by atoms with van der Waals surface area (Å²) in [6.45, 7) is 6.74. The monoisotopic (exact) mass is 316 g/mol. The fraction of sp³-hybridized carbons (Fsp3) is 0.556. The van der Waals surface area contributed by atoms with E-state index in [2.05, 4.69) is 0 Å². The molecular formula is C18H24N2O3. The fourth-order valence-corrected chi connectivity index (χ4v) is 3.40. The van der Waals surface area contributed by atoms with Crippen molar-refractivity contribution in [3.63, 3.8) is 0 Å². The number of amides is 2. The molecule has 5 nitrogen and oxygen atoms in total. The van der Waals surface area contributed by atoms with Gasteiger partial charge < -0.3 is 9.64 Å². The number of hydrogen-bond donors (Lipinski definition) is 0. The van der Waals surface area contributed by atoms with Crippen LogP contribution >= 0.6 is 0 Å². The number of carbonyl (C=O) groups is 2. The van der Waals surface area contributed by atoms with Gasteiger partial charge in [0.15, 0.2) is 0 Å². The standard InChI is InChI=1S/C18H24N2O3/c1-18(2,3)23-17(22)20-14-9-10-15(20)16(21)19(12-14)11-13-7-5-4-6-8-13/h4-8,14-15H,9-12H2,1-3H3. The molecule has 1 aromatic rings. The molecule has 1 aromatic carbocycles. The molecule has 0 radical (unpaired) electrons. The predicted octanol–water partition coefficient (Wildman–Crippen LogP) is 2.80. The van der Waals surface area contributed by atoms with Gasteiger partial charge in [0.25, 0.3) is 0 Å². The van der Waals surface area contributed by atoms with Crippen LogP contribution in [0.15, 0.2) is 30.3 Å². The minimum Gasteiger partial charge on any atom is -0.444 e. The first-order valence-electron chi connectivity index (χ1n) is 8.19. The second kappa shape index (κ2) is 5.87. The van der Waals surface area contributed by atoms with E-state index in [1.807, 2.05) is 56.0 Å². The molecule has 0 spiro atoms. The lowest BCUT2D eigenvalue weighted by Crippen LogP contribution is -2.59. The zero-order valence-corrected chi connectivity index (χ0v) is 14.0. The third-order valence-electron chi connectivity index (χ3n) is 4.35. The van der Waals surface area contributed by atoms with Gasteiger partial charge in [-0.3, -0.25) is 9.69 Å². The second-order valence-electron chi connectivity index (χ2n) is 7.34. The van der Waals surface area contributed by atoms with Crippen molar-refractivity contribution in [3.8, 4) is 0 Å². The minimum atomic E-state index is -0.541. The largest absolute Gasteiger partial charge is 0.444 e. The maximum atomic E-state index is 12.7. The third kappa shape index (κ3) is 3.33. The summed E-state index contributed by atoms with van der Waals surface area (Å²) >= 11 is 0. The average Bonchev–Trinajstić information content (AvgIpc) is 2.82. The number of rotatable bonds is 2. The summed E-state index contributed by atoms with van der Waals surface area (Å²) in [7, 11) is 0. The maximum absolute atomic E-state index is 12.7. The van der Waals surface area contributed by atoms with Crippen molar-refractivity contribution in [2.45, 2.75) is 57.8 Å². The van der Waals surface area contributed by atoms with Gasteiger partial charge in [0, 0.05) is 13.1 Å². The number of fused-ring (bicyclic) bond motifs is 2. The molecule has 124 valence electrons. The Hall–Kier alpha value is -2.04. The van der Waals surface area contributed by atoms with E-state index < -0.39 is 5.60 Å². The minimum absolute atomic E-state index is 0.0356. The first kappa shape index (κ1) is 15.8. The number of hydrogen-bond acceptors (Lipinski definition) is 3. The van der Waals surface area contributed by atoms with Crippen LogP contribution in [-0.2, 0) is 16.1 Å². The predicted molar refractivity (Wildman–Crippen MR) is 86.7 cm³/mol. The van der Waals surface area contributed by atoms with Gasteiger partial charge in [-0.1, -0.05) is 30.3 Å². The summed E-state index contributed by atoms with van der Waals surface area (Å²) in [6, 6.07) is 9.67. The van der Waals surface area contributed by atoms with Crippen molar-refractivity contribution in [3.05, 3.63) is 35.9 Å². The van der Waals surface area contributed by atoms with Crippen LogP contribution in [0.5, 0.6) is 0 Å². The molecule has 2 aliphatic heterocycles. The van der Waals surface area contributed by atoms with Crippen LogP contribution in [-0.4, -0.2) is 46.0 Å². The average molecular weight is 316 g/mol. The fourth-order valence-electron chi connectivity index (χ4n) is 3.40. The molecule has 2 atom stereocenters. The van der Waals surface area contributed by atoms with Crippen molar-refractivity contribution in [1.29, 1.82) is 0 Å². The summed E-state index contributed by atoms with van der Waals surface area (Å²) in [6.07, 6.45) is 1.23. The second-order valence-corrected chi connectivity index (χ2v) is 7.34. The molecule has 2 fully saturated rings. The molecule has 2 aliphatic rings. The lowest BCUT2D eigenvalue weighted by Gasteiger charge is -2.40. The summed E-state index contributed by atoms with van der Waals surface area (Å²) < 4.78 is 5.48. The number of benzene rings is 1. The van der Waals surface area contributed by atoms with Gasteiger partial charge in [0.2, 0.25) is 5.91 Å².